The van der Waals surface area contributed by atoms with Crippen LogP contribution < -0.4 is 0 Å². The van der Waals surface area contributed by atoms with Gasteiger partial charge in [0.25, 0.3) is 0 Å². The highest BCUT2D eigenvalue weighted by atomic mass is 14.6. The largest absolute Gasteiger partial charge is 0.256 e. The molecule has 0 radical (unpaired) electrons. The molecule has 1 heterocycles. The first kappa shape index (κ1) is 10.7. The lowest BCUT2D eigenvalue weighted by Gasteiger charge is -2.00. The second-order valence-electron chi connectivity index (χ2n) is 2.85. The third kappa shape index (κ3) is 2.11. The first-order chi connectivity index (χ1) is 6.92. The number of hydrogen-bond donors (Lipinski definition) is 0. The molecule has 1 aromatic carbocycles. The van der Waals surface area contributed by atoms with Gasteiger partial charge in [-0.2, -0.15) is 0 Å². The first-order valence-corrected chi connectivity index (χ1v) is 5.24. The molecule has 0 saturated heterocycles. The Kier molecular flexibility index (Phi) is 4.11. The zero-order chi connectivity index (χ0) is 10.4. The van der Waals surface area contributed by atoms with Crippen molar-refractivity contribution in [3.8, 4) is 0 Å². The second-order valence-corrected chi connectivity index (χ2v) is 2.85. The Bertz CT molecular complexity index is 388. The predicted octanol–water partition coefficient (Wildman–Crippen LogP) is 3.82. The molecule has 0 N–H and O–H groups in total. The van der Waals surface area contributed by atoms with E-state index in [-0.39, 0.29) is 0 Å². The molecule has 0 saturated carbocycles. The van der Waals surface area contributed by atoms with Crippen molar-refractivity contribution in [2.24, 2.45) is 0 Å². The Labute approximate surface area is 85.8 Å². The summed E-state index contributed by atoms with van der Waals surface area (Å²) in [4.78, 5) is 4.35. The Balaban J connectivity index is 0.000000461. The number of nitrogens with zero attached hydrogens (tertiary/aromatic N) is 1. The average Bonchev–Trinajstić information content (AvgIpc) is 2.31. The van der Waals surface area contributed by atoms with Crippen molar-refractivity contribution in [1.29, 1.82) is 0 Å². The van der Waals surface area contributed by atoms with Gasteiger partial charge in [0.15, 0.2) is 0 Å². The Morgan fingerprint density at radius 3 is 2.50 bits per heavy atom. The Hall–Kier alpha value is -1.37. The van der Waals surface area contributed by atoms with E-state index >= 15 is 0 Å². The molecule has 2 aromatic rings. The van der Waals surface area contributed by atoms with Crippen LogP contribution >= 0.6 is 0 Å². The van der Waals surface area contributed by atoms with Gasteiger partial charge >= 0.3 is 0 Å². The van der Waals surface area contributed by atoms with Crippen molar-refractivity contribution in [3.63, 3.8) is 0 Å². The van der Waals surface area contributed by atoms with Crippen LogP contribution in [0.5, 0.6) is 0 Å². The Morgan fingerprint density at radius 2 is 1.79 bits per heavy atom. The van der Waals surface area contributed by atoms with Gasteiger partial charge < -0.3 is 0 Å². The third-order valence-electron chi connectivity index (χ3n) is 2.10. The molecule has 0 spiro atoms. The molecule has 0 fully saturated rings. The van der Waals surface area contributed by atoms with Crippen molar-refractivity contribution in [1.82, 2.24) is 4.98 Å². The molecule has 1 aromatic heterocycles. The van der Waals surface area contributed by atoms with E-state index in [0.717, 1.165) is 11.9 Å². The SMILES string of the molecule is CC.CCc1cccc2cccnc12. The molecule has 14 heavy (non-hydrogen) atoms. The van der Waals surface area contributed by atoms with E-state index in [2.05, 4.69) is 36.2 Å². The molecule has 0 aliphatic rings. The van der Waals surface area contributed by atoms with E-state index in [1.165, 1.54) is 10.9 Å². The molecule has 0 bridgehead atoms. The fourth-order valence-electron chi connectivity index (χ4n) is 1.45. The summed E-state index contributed by atoms with van der Waals surface area (Å²) in [6, 6.07) is 10.4. The van der Waals surface area contributed by atoms with Crippen LogP contribution in [-0.2, 0) is 6.42 Å². The minimum absolute atomic E-state index is 1.05. The highest BCUT2D eigenvalue weighted by molar-refractivity contribution is 5.81. The third-order valence-corrected chi connectivity index (χ3v) is 2.10. The molecule has 0 aliphatic carbocycles. The summed E-state index contributed by atoms with van der Waals surface area (Å²) in [7, 11) is 0. The molecular formula is C13H17N. The number of para-hydroxylation sites is 1. The van der Waals surface area contributed by atoms with Crippen LogP contribution in [0.1, 0.15) is 26.3 Å². The van der Waals surface area contributed by atoms with Crippen molar-refractivity contribution < 1.29 is 0 Å². The zero-order valence-electron chi connectivity index (χ0n) is 9.12. The van der Waals surface area contributed by atoms with Gasteiger partial charge in [0.1, 0.15) is 0 Å². The van der Waals surface area contributed by atoms with Crippen LogP contribution in [0.4, 0.5) is 0 Å². The van der Waals surface area contributed by atoms with Crippen LogP contribution in [0.25, 0.3) is 10.9 Å². The quantitative estimate of drug-likeness (QED) is 0.661. The lowest BCUT2D eigenvalue weighted by atomic mass is 10.1. The maximum absolute atomic E-state index is 4.35. The molecule has 0 unspecified atom stereocenters. The number of aryl methyl sites for hydroxylation is 1. The second kappa shape index (κ2) is 5.38. The summed E-state index contributed by atoms with van der Waals surface area (Å²) >= 11 is 0. The summed E-state index contributed by atoms with van der Waals surface area (Å²) in [6.45, 7) is 6.16. The van der Waals surface area contributed by atoms with Crippen LogP contribution in [-0.4, -0.2) is 4.98 Å². The molecular weight excluding hydrogens is 170 g/mol. The molecule has 0 aliphatic heterocycles. The molecule has 0 amide bonds. The summed E-state index contributed by atoms with van der Waals surface area (Å²) in [5.74, 6) is 0. The average molecular weight is 187 g/mol. The predicted molar refractivity (Wildman–Crippen MR) is 62.5 cm³/mol. The normalized spacial score (nSPS) is 9.36. The topological polar surface area (TPSA) is 12.9 Å². The summed E-state index contributed by atoms with van der Waals surface area (Å²) < 4.78 is 0. The summed E-state index contributed by atoms with van der Waals surface area (Å²) in [5.41, 5.74) is 2.47. The van der Waals surface area contributed by atoms with Crippen LogP contribution in [0.2, 0.25) is 0 Å². The fourth-order valence-corrected chi connectivity index (χ4v) is 1.45. The fraction of sp³-hybridized carbons (Fsp3) is 0.308. The smallest absolute Gasteiger partial charge is 0.0733 e. The molecule has 1 heteroatoms. The minimum Gasteiger partial charge on any atom is -0.256 e. The summed E-state index contributed by atoms with van der Waals surface area (Å²) in [5, 5.41) is 1.23. The van der Waals surface area contributed by atoms with E-state index < -0.39 is 0 Å². The standard InChI is InChI=1S/C11H11N.C2H6/c1-2-9-5-3-6-10-7-4-8-12-11(9)10;1-2/h3-8H,2H2,1H3;1-2H3. The highest BCUT2D eigenvalue weighted by Gasteiger charge is 1.97. The number of pyridine rings is 1. The number of fused-ring (bicyclic) bond motifs is 1. The lowest BCUT2D eigenvalue weighted by Crippen LogP contribution is -1.85. The minimum atomic E-state index is 1.05. The van der Waals surface area contributed by atoms with Gasteiger partial charge in [-0.05, 0) is 18.1 Å². The van der Waals surface area contributed by atoms with Crippen molar-refractivity contribution in [2.45, 2.75) is 27.2 Å². The zero-order valence-corrected chi connectivity index (χ0v) is 9.12. The molecule has 0 atom stereocenters. The van der Waals surface area contributed by atoms with Gasteiger partial charge in [0.2, 0.25) is 0 Å². The van der Waals surface area contributed by atoms with Gasteiger partial charge in [-0.15, -0.1) is 0 Å². The van der Waals surface area contributed by atoms with E-state index in [9.17, 15) is 0 Å². The maximum atomic E-state index is 4.35. The summed E-state index contributed by atoms with van der Waals surface area (Å²) in [6.07, 6.45) is 2.90. The number of aromatic nitrogens is 1. The van der Waals surface area contributed by atoms with Crippen LogP contribution in [0, 0.1) is 0 Å². The van der Waals surface area contributed by atoms with Gasteiger partial charge in [0.05, 0.1) is 5.52 Å². The van der Waals surface area contributed by atoms with Crippen molar-refractivity contribution in [3.05, 3.63) is 42.1 Å². The van der Waals surface area contributed by atoms with Gasteiger partial charge in [-0.25, -0.2) is 0 Å². The number of hydrogen-bond acceptors (Lipinski definition) is 1. The van der Waals surface area contributed by atoms with Crippen LogP contribution in [0.15, 0.2) is 36.5 Å². The molecule has 2 rings (SSSR count). The van der Waals surface area contributed by atoms with Gasteiger partial charge in [0, 0.05) is 11.6 Å². The van der Waals surface area contributed by atoms with E-state index in [0.29, 0.717) is 0 Å². The van der Waals surface area contributed by atoms with E-state index in [1.54, 1.807) is 0 Å². The monoisotopic (exact) mass is 187 g/mol. The van der Waals surface area contributed by atoms with Gasteiger partial charge in [-0.3, -0.25) is 4.98 Å². The van der Waals surface area contributed by atoms with E-state index in [4.69, 9.17) is 0 Å². The maximum Gasteiger partial charge on any atom is 0.0733 e. The lowest BCUT2D eigenvalue weighted by molar-refractivity contribution is 1.14. The molecule has 74 valence electrons. The molecule has 1 nitrogen and oxygen atoms in total. The highest BCUT2D eigenvalue weighted by Crippen LogP contribution is 2.15. The number of benzene rings is 1. The Morgan fingerprint density at radius 1 is 1.07 bits per heavy atom. The van der Waals surface area contributed by atoms with Gasteiger partial charge in [-0.1, -0.05) is 45.0 Å². The van der Waals surface area contributed by atoms with Crippen LogP contribution in [0.3, 0.4) is 0 Å². The number of rotatable bonds is 1. The first-order valence-electron chi connectivity index (χ1n) is 5.24. The van der Waals surface area contributed by atoms with Crippen molar-refractivity contribution >= 4 is 10.9 Å². The van der Waals surface area contributed by atoms with E-state index in [1.807, 2.05) is 26.1 Å². The van der Waals surface area contributed by atoms with Crippen molar-refractivity contribution in [2.75, 3.05) is 0 Å².